The van der Waals surface area contributed by atoms with Crippen LogP contribution in [0.25, 0.3) is 0 Å². The molecule has 8 nitrogen and oxygen atoms in total. The number of rotatable bonds is 8. The molecule has 4 aromatic rings. The lowest BCUT2D eigenvalue weighted by molar-refractivity contribution is 0.0997. The summed E-state index contributed by atoms with van der Waals surface area (Å²) in [5.74, 6) is 1.72. The first-order chi connectivity index (χ1) is 16.8. The van der Waals surface area contributed by atoms with Crippen LogP contribution in [0, 0.1) is 27.7 Å². The van der Waals surface area contributed by atoms with Crippen molar-refractivity contribution < 1.29 is 18.7 Å². The Morgan fingerprint density at radius 1 is 1.03 bits per heavy atom. The lowest BCUT2D eigenvalue weighted by atomic mass is 9.95. The molecule has 0 unspecified atom stereocenters. The summed E-state index contributed by atoms with van der Waals surface area (Å²) in [7, 11) is 3.23. The molecule has 0 radical (unpaired) electrons. The number of furan rings is 1. The van der Waals surface area contributed by atoms with Gasteiger partial charge in [0.2, 0.25) is 5.95 Å². The highest BCUT2D eigenvalue weighted by atomic mass is 32.1. The first kappa shape index (κ1) is 24.3. The van der Waals surface area contributed by atoms with Gasteiger partial charge in [0.15, 0.2) is 5.76 Å². The number of carbonyl (C=O) groups excluding carboxylic acids is 1. The predicted octanol–water partition coefficient (Wildman–Crippen LogP) is 5.84. The molecular formula is C26H28N4O4S. The average Bonchev–Trinajstić information content (AvgIpc) is 3.45. The number of hydrogen-bond donors (Lipinski definition) is 2. The Kier molecular flexibility index (Phi) is 7.07. The molecular weight excluding hydrogens is 464 g/mol. The van der Waals surface area contributed by atoms with Crippen LogP contribution in [-0.4, -0.2) is 30.1 Å². The maximum atomic E-state index is 12.9. The Morgan fingerprint density at radius 2 is 1.77 bits per heavy atom. The molecule has 9 heteroatoms. The summed E-state index contributed by atoms with van der Waals surface area (Å²) in [4.78, 5) is 23.1. The van der Waals surface area contributed by atoms with E-state index in [1.54, 1.807) is 26.4 Å². The minimum absolute atomic E-state index is 0.240. The van der Waals surface area contributed by atoms with Gasteiger partial charge in [-0.1, -0.05) is 0 Å². The standard InChI is InChI=1S/C26H28N4O4S/c1-14-12-15(2)28-26(27-14)29-23(19-10-9-18(32-5)13-21(19)33-6)22-16(3)17(4)35-25(22)30-24(31)20-8-7-11-34-20/h7-13,23H,1-6H3,(H,30,31)(H,27,28,29)/t23-/m1/s1. The van der Waals surface area contributed by atoms with Crippen molar-refractivity contribution in [2.24, 2.45) is 0 Å². The van der Waals surface area contributed by atoms with Gasteiger partial charge in [0.05, 0.1) is 26.5 Å². The van der Waals surface area contributed by atoms with E-state index in [0.717, 1.165) is 33.0 Å². The normalized spacial score (nSPS) is 11.7. The fraction of sp³-hybridized carbons (Fsp3) is 0.269. The van der Waals surface area contributed by atoms with Gasteiger partial charge in [-0.25, -0.2) is 9.97 Å². The number of amides is 1. The number of aromatic nitrogens is 2. The van der Waals surface area contributed by atoms with Crippen LogP contribution in [0.1, 0.15) is 49.6 Å². The highest BCUT2D eigenvalue weighted by Crippen LogP contribution is 2.43. The molecule has 0 saturated heterocycles. The van der Waals surface area contributed by atoms with Crippen molar-refractivity contribution in [1.29, 1.82) is 0 Å². The predicted molar refractivity (Wildman–Crippen MR) is 137 cm³/mol. The zero-order valence-corrected chi connectivity index (χ0v) is 21.4. The first-order valence-corrected chi connectivity index (χ1v) is 11.9. The van der Waals surface area contributed by atoms with Crippen LogP contribution in [0.3, 0.4) is 0 Å². The smallest absolute Gasteiger partial charge is 0.291 e. The van der Waals surface area contributed by atoms with Gasteiger partial charge < -0.3 is 24.5 Å². The second kappa shape index (κ2) is 10.2. The van der Waals surface area contributed by atoms with E-state index >= 15 is 0 Å². The van der Waals surface area contributed by atoms with Crippen molar-refractivity contribution in [3.05, 3.63) is 81.4 Å². The van der Waals surface area contributed by atoms with E-state index in [1.165, 1.54) is 17.6 Å². The number of thiophene rings is 1. The Balaban J connectivity index is 1.86. The Morgan fingerprint density at radius 3 is 2.40 bits per heavy atom. The van der Waals surface area contributed by atoms with Crippen LogP contribution >= 0.6 is 11.3 Å². The quantitative estimate of drug-likeness (QED) is 0.319. The van der Waals surface area contributed by atoms with Crippen LogP contribution in [0.4, 0.5) is 10.9 Å². The average molecular weight is 493 g/mol. The third-order valence-electron chi connectivity index (χ3n) is 5.70. The zero-order valence-electron chi connectivity index (χ0n) is 20.6. The molecule has 0 bridgehead atoms. The van der Waals surface area contributed by atoms with Gasteiger partial charge in [-0.15, -0.1) is 11.3 Å². The number of ether oxygens (including phenoxy) is 2. The number of methoxy groups -OCH3 is 2. The van der Waals surface area contributed by atoms with Gasteiger partial charge in [-0.2, -0.15) is 0 Å². The molecule has 0 aliphatic carbocycles. The number of anilines is 2. The Bertz CT molecular complexity index is 1330. The van der Waals surface area contributed by atoms with Crippen molar-refractivity contribution in [1.82, 2.24) is 9.97 Å². The maximum absolute atomic E-state index is 12.9. The largest absolute Gasteiger partial charge is 0.497 e. The molecule has 1 aromatic carbocycles. The fourth-order valence-corrected chi connectivity index (χ4v) is 5.03. The third kappa shape index (κ3) is 5.14. The molecule has 0 spiro atoms. The van der Waals surface area contributed by atoms with Crippen molar-refractivity contribution >= 4 is 28.2 Å². The second-order valence-corrected chi connectivity index (χ2v) is 9.34. The minimum Gasteiger partial charge on any atom is -0.497 e. The molecule has 1 atom stereocenters. The maximum Gasteiger partial charge on any atom is 0.291 e. The van der Waals surface area contributed by atoms with E-state index < -0.39 is 6.04 Å². The molecule has 0 aliphatic heterocycles. The van der Waals surface area contributed by atoms with Gasteiger partial charge in [-0.05, 0) is 63.6 Å². The first-order valence-electron chi connectivity index (χ1n) is 11.1. The van der Waals surface area contributed by atoms with Crippen molar-refractivity contribution in [3.63, 3.8) is 0 Å². The Labute approximate surface area is 208 Å². The van der Waals surface area contributed by atoms with E-state index in [9.17, 15) is 4.79 Å². The van der Waals surface area contributed by atoms with Crippen molar-refractivity contribution in [3.8, 4) is 11.5 Å². The van der Waals surface area contributed by atoms with Crippen LogP contribution in [0.5, 0.6) is 11.5 Å². The monoisotopic (exact) mass is 492 g/mol. The van der Waals surface area contributed by atoms with Crippen molar-refractivity contribution in [2.75, 3.05) is 24.9 Å². The molecule has 182 valence electrons. The topological polar surface area (TPSA) is 98.5 Å². The summed E-state index contributed by atoms with van der Waals surface area (Å²) in [5, 5.41) is 7.24. The van der Waals surface area contributed by atoms with E-state index in [2.05, 4.69) is 20.6 Å². The summed E-state index contributed by atoms with van der Waals surface area (Å²) in [6.45, 7) is 7.92. The lowest BCUT2D eigenvalue weighted by Crippen LogP contribution is -2.19. The molecule has 3 heterocycles. The highest BCUT2D eigenvalue weighted by Gasteiger charge is 2.28. The summed E-state index contributed by atoms with van der Waals surface area (Å²) in [6, 6.07) is 10.5. The van der Waals surface area contributed by atoms with Crippen LogP contribution in [0.2, 0.25) is 0 Å². The third-order valence-corrected chi connectivity index (χ3v) is 6.84. The van der Waals surface area contributed by atoms with Gasteiger partial charge in [0.25, 0.3) is 5.91 Å². The van der Waals surface area contributed by atoms with Crippen molar-refractivity contribution in [2.45, 2.75) is 33.7 Å². The fourth-order valence-electron chi connectivity index (χ4n) is 3.94. The second-order valence-electron chi connectivity index (χ2n) is 8.12. The molecule has 3 aromatic heterocycles. The number of nitrogens with zero attached hydrogens (tertiary/aromatic N) is 2. The summed E-state index contributed by atoms with van der Waals surface area (Å²) in [5.41, 5.74) is 4.50. The molecule has 0 aliphatic rings. The SMILES string of the molecule is COc1ccc([C@@H](Nc2nc(C)cc(C)n2)c2c(NC(=O)c3ccco3)sc(C)c2C)c(OC)c1. The molecule has 35 heavy (non-hydrogen) atoms. The molecule has 2 N–H and O–H groups in total. The number of nitrogens with one attached hydrogen (secondary N) is 2. The summed E-state index contributed by atoms with van der Waals surface area (Å²) in [6.07, 6.45) is 1.48. The molecule has 0 fully saturated rings. The Hall–Kier alpha value is -3.85. The molecule has 1 amide bonds. The van der Waals surface area contributed by atoms with Gasteiger partial charge in [-0.3, -0.25) is 4.79 Å². The van der Waals surface area contributed by atoms with E-state index in [1.807, 2.05) is 52.0 Å². The van der Waals surface area contributed by atoms with E-state index in [0.29, 0.717) is 22.4 Å². The van der Waals surface area contributed by atoms with Crippen LogP contribution < -0.4 is 20.1 Å². The van der Waals surface area contributed by atoms with Gasteiger partial charge >= 0.3 is 0 Å². The van der Waals surface area contributed by atoms with Crippen LogP contribution in [0.15, 0.2) is 47.1 Å². The zero-order chi connectivity index (χ0) is 25.1. The number of aryl methyl sites for hydroxylation is 3. The number of carbonyl (C=O) groups is 1. The van der Waals surface area contributed by atoms with Gasteiger partial charge in [0, 0.05) is 33.5 Å². The number of benzene rings is 1. The highest BCUT2D eigenvalue weighted by molar-refractivity contribution is 7.16. The lowest BCUT2D eigenvalue weighted by Gasteiger charge is -2.24. The summed E-state index contributed by atoms with van der Waals surface area (Å²) < 4.78 is 16.4. The summed E-state index contributed by atoms with van der Waals surface area (Å²) >= 11 is 1.51. The molecule has 0 saturated carbocycles. The van der Waals surface area contributed by atoms with E-state index in [4.69, 9.17) is 13.9 Å². The minimum atomic E-state index is -0.422. The molecule has 4 rings (SSSR count). The van der Waals surface area contributed by atoms with Crippen LogP contribution in [-0.2, 0) is 0 Å². The van der Waals surface area contributed by atoms with E-state index in [-0.39, 0.29) is 11.7 Å². The van der Waals surface area contributed by atoms with Gasteiger partial charge in [0.1, 0.15) is 16.5 Å². The number of hydrogen-bond acceptors (Lipinski definition) is 8.